The number of hydrogen-bond donors (Lipinski definition) is 1. The Balaban J connectivity index is 1.45. The van der Waals surface area contributed by atoms with Crippen molar-refractivity contribution in [2.75, 3.05) is 13.1 Å². The number of piperidine rings is 1. The van der Waals surface area contributed by atoms with Crippen molar-refractivity contribution in [3.05, 3.63) is 35.7 Å². The Morgan fingerprint density at radius 2 is 1.92 bits per heavy atom. The summed E-state index contributed by atoms with van der Waals surface area (Å²) in [5.41, 5.74) is 2.07. The molecule has 0 saturated carbocycles. The summed E-state index contributed by atoms with van der Waals surface area (Å²) in [5.74, 6) is 1.07. The van der Waals surface area contributed by atoms with E-state index < -0.39 is 0 Å². The lowest BCUT2D eigenvalue weighted by Crippen LogP contribution is -2.46. The number of aromatic nitrogens is 2. The van der Waals surface area contributed by atoms with Crippen LogP contribution in [0, 0.1) is 6.92 Å². The van der Waals surface area contributed by atoms with Crippen LogP contribution >= 0.6 is 0 Å². The topological polar surface area (TPSA) is 88.3 Å². The van der Waals surface area contributed by atoms with Gasteiger partial charge in [-0.25, -0.2) is 0 Å². The second kappa shape index (κ2) is 8.12. The number of carbonyl (C=O) groups excluding carboxylic acids is 2. The third kappa shape index (κ3) is 4.68. The molecule has 3 rings (SSSR count). The highest BCUT2D eigenvalue weighted by Crippen LogP contribution is 2.17. The molecule has 0 aliphatic carbocycles. The van der Waals surface area contributed by atoms with Gasteiger partial charge in [0.25, 0.3) is 0 Å². The number of benzene rings is 1. The van der Waals surface area contributed by atoms with Gasteiger partial charge in [-0.3, -0.25) is 9.59 Å². The van der Waals surface area contributed by atoms with Gasteiger partial charge in [-0.15, -0.1) is 0 Å². The van der Waals surface area contributed by atoms with Gasteiger partial charge in [0.15, 0.2) is 0 Å². The molecule has 2 heterocycles. The van der Waals surface area contributed by atoms with Crippen molar-refractivity contribution in [3.8, 4) is 11.4 Å². The monoisotopic (exact) mass is 356 g/mol. The molecule has 0 atom stereocenters. The van der Waals surface area contributed by atoms with Gasteiger partial charge < -0.3 is 14.7 Å². The Kier molecular flexibility index (Phi) is 5.65. The molecule has 26 heavy (non-hydrogen) atoms. The summed E-state index contributed by atoms with van der Waals surface area (Å²) in [4.78, 5) is 29.6. The summed E-state index contributed by atoms with van der Waals surface area (Å²) in [7, 11) is 0. The molecule has 138 valence electrons. The Hall–Kier alpha value is -2.70. The Morgan fingerprint density at radius 3 is 2.58 bits per heavy atom. The van der Waals surface area contributed by atoms with Gasteiger partial charge in [0, 0.05) is 44.5 Å². The van der Waals surface area contributed by atoms with E-state index in [1.807, 2.05) is 36.1 Å². The second-order valence-electron chi connectivity index (χ2n) is 6.73. The number of rotatable bonds is 5. The van der Waals surface area contributed by atoms with Crippen molar-refractivity contribution in [1.29, 1.82) is 0 Å². The largest absolute Gasteiger partial charge is 0.353 e. The van der Waals surface area contributed by atoms with Gasteiger partial charge in [0.05, 0.1) is 0 Å². The molecule has 7 heteroatoms. The molecule has 2 amide bonds. The van der Waals surface area contributed by atoms with E-state index in [0.717, 1.165) is 18.4 Å². The van der Waals surface area contributed by atoms with Crippen molar-refractivity contribution in [3.63, 3.8) is 0 Å². The first kappa shape index (κ1) is 18.1. The van der Waals surface area contributed by atoms with Gasteiger partial charge in [-0.05, 0) is 19.8 Å². The zero-order valence-electron chi connectivity index (χ0n) is 15.2. The maximum Gasteiger partial charge on any atom is 0.227 e. The van der Waals surface area contributed by atoms with Crippen LogP contribution in [0.15, 0.2) is 28.8 Å². The lowest BCUT2D eigenvalue weighted by molar-refractivity contribution is -0.130. The quantitative estimate of drug-likeness (QED) is 0.886. The highest BCUT2D eigenvalue weighted by Gasteiger charge is 2.22. The third-order valence-corrected chi connectivity index (χ3v) is 4.65. The first-order valence-electron chi connectivity index (χ1n) is 8.96. The van der Waals surface area contributed by atoms with Gasteiger partial charge in [-0.2, -0.15) is 4.98 Å². The minimum atomic E-state index is -0.0265. The van der Waals surface area contributed by atoms with E-state index in [1.165, 1.54) is 5.56 Å². The van der Waals surface area contributed by atoms with Crippen LogP contribution in [0.4, 0.5) is 0 Å². The molecule has 1 aliphatic rings. The summed E-state index contributed by atoms with van der Waals surface area (Å²) in [6.07, 6.45) is 2.31. The number of nitrogens with one attached hydrogen (secondary N) is 1. The number of likely N-dealkylation sites (tertiary alicyclic amines) is 1. The third-order valence-electron chi connectivity index (χ3n) is 4.65. The van der Waals surface area contributed by atoms with Crippen molar-refractivity contribution < 1.29 is 14.1 Å². The highest BCUT2D eigenvalue weighted by atomic mass is 16.5. The summed E-state index contributed by atoms with van der Waals surface area (Å²) < 4.78 is 5.24. The summed E-state index contributed by atoms with van der Waals surface area (Å²) in [6, 6.07) is 8.02. The van der Waals surface area contributed by atoms with Crippen LogP contribution in [0.25, 0.3) is 11.4 Å². The van der Waals surface area contributed by atoms with Crippen LogP contribution in [0.5, 0.6) is 0 Å². The fourth-order valence-corrected chi connectivity index (χ4v) is 3.04. The Bertz CT molecular complexity index is 761. The highest BCUT2D eigenvalue weighted by molar-refractivity contribution is 5.76. The lowest BCUT2D eigenvalue weighted by atomic mass is 10.0. The predicted octanol–water partition coefficient (Wildman–Crippen LogP) is 2.10. The van der Waals surface area contributed by atoms with E-state index >= 15 is 0 Å². The minimum Gasteiger partial charge on any atom is -0.353 e. The standard InChI is InChI=1S/C19H24N4O3/c1-13-3-5-15(6-4-13)19-21-18(26-22-19)8-7-17(25)20-16-9-11-23(12-10-16)14(2)24/h3-6,16H,7-12H2,1-2H3,(H,20,25). The molecule has 1 aromatic heterocycles. The number of aryl methyl sites for hydroxylation is 2. The van der Waals surface area contributed by atoms with E-state index in [-0.39, 0.29) is 17.9 Å². The maximum absolute atomic E-state index is 12.1. The SMILES string of the molecule is CC(=O)N1CCC(NC(=O)CCc2nc(-c3ccc(C)cc3)no2)CC1. The molecule has 1 N–H and O–H groups in total. The summed E-state index contributed by atoms with van der Waals surface area (Å²) >= 11 is 0. The molecular weight excluding hydrogens is 332 g/mol. The van der Waals surface area contributed by atoms with Crippen molar-refractivity contribution >= 4 is 11.8 Å². The molecule has 2 aromatic rings. The van der Waals surface area contributed by atoms with Crippen LogP contribution in [0.2, 0.25) is 0 Å². The predicted molar refractivity (Wildman–Crippen MR) is 96.2 cm³/mol. The van der Waals surface area contributed by atoms with Gasteiger partial charge in [0.2, 0.25) is 23.5 Å². The number of carbonyl (C=O) groups is 2. The van der Waals surface area contributed by atoms with Gasteiger partial charge in [-0.1, -0.05) is 35.0 Å². The first-order chi connectivity index (χ1) is 12.5. The van der Waals surface area contributed by atoms with Crippen LogP contribution in [0.3, 0.4) is 0 Å². The van der Waals surface area contributed by atoms with Crippen molar-refractivity contribution in [1.82, 2.24) is 20.4 Å². The Morgan fingerprint density at radius 1 is 1.23 bits per heavy atom. The lowest BCUT2D eigenvalue weighted by Gasteiger charge is -2.31. The molecular formula is C19H24N4O3. The zero-order chi connectivity index (χ0) is 18.5. The fourth-order valence-electron chi connectivity index (χ4n) is 3.04. The second-order valence-corrected chi connectivity index (χ2v) is 6.73. The minimum absolute atomic E-state index is 0.0265. The van der Waals surface area contributed by atoms with Crippen LogP contribution in [0.1, 0.15) is 37.6 Å². The molecule has 7 nitrogen and oxygen atoms in total. The van der Waals surface area contributed by atoms with E-state index in [2.05, 4.69) is 15.5 Å². The fraction of sp³-hybridized carbons (Fsp3) is 0.474. The molecule has 0 radical (unpaired) electrons. The van der Waals surface area contributed by atoms with Crippen LogP contribution in [-0.4, -0.2) is 46.0 Å². The first-order valence-corrected chi connectivity index (χ1v) is 8.96. The maximum atomic E-state index is 12.1. The molecule has 0 spiro atoms. The summed E-state index contributed by atoms with van der Waals surface area (Å²) in [5, 5.41) is 7.01. The smallest absolute Gasteiger partial charge is 0.227 e. The molecule has 1 aromatic carbocycles. The number of nitrogens with zero attached hydrogens (tertiary/aromatic N) is 3. The van der Waals surface area contributed by atoms with E-state index in [9.17, 15) is 9.59 Å². The molecule has 1 aliphatic heterocycles. The van der Waals surface area contributed by atoms with E-state index in [1.54, 1.807) is 6.92 Å². The summed E-state index contributed by atoms with van der Waals surface area (Å²) in [6.45, 7) is 5.00. The molecule has 1 saturated heterocycles. The van der Waals surface area contributed by atoms with E-state index in [4.69, 9.17) is 4.52 Å². The average molecular weight is 356 g/mol. The molecule has 0 unspecified atom stereocenters. The van der Waals surface area contributed by atoms with E-state index in [0.29, 0.717) is 37.6 Å². The van der Waals surface area contributed by atoms with Gasteiger partial charge in [0.1, 0.15) is 0 Å². The van der Waals surface area contributed by atoms with Crippen LogP contribution < -0.4 is 5.32 Å². The Labute approximate surface area is 152 Å². The van der Waals surface area contributed by atoms with Crippen molar-refractivity contribution in [2.24, 2.45) is 0 Å². The van der Waals surface area contributed by atoms with Crippen molar-refractivity contribution in [2.45, 2.75) is 45.6 Å². The molecule has 1 fully saturated rings. The van der Waals surface area contributed by atoms with Crippen LogP contribution in [-0.2, 0) is 16.0 Å². The normalized spacial score (nSPS) is 15.1. The average Bonchev–Trinajstić information content (AvgIpc) is 3.10. The zero-order valence-corrected chi connectivity index (χ0v) is 15.2. The van der Waals surface area contributed by atoms with Gasteiger partial charge >= 0.3 is 0 Å². The number of amides is 2. The molecule has 0 bridgehead atoms. The number of hydrogen-bond acceptors (Lipinski definition) is 5.